The fraction of sp³-hybridized carbons (Fsp3) is 0.538. The van der Waals surface area contributed by atoms with E-state index >= 15 is 0 Å². The van der Waals surface area contributed by atoms with Gasteiger partial charge in [-0.1, -0.05) is 13.8 Å². The Morgan fingerprint density at radius 1 is 1.39 bits per heavy atom. The highest BCUT2D eigenvalue weighted by Crippen LogP contribution is 2.51. The lowest BCUT2D eigenvalue weighted by atomic mass is 10.1. The summed E-state index contributed by atoms with van der Waals surface area (Å²) in [5.41, 5.74) is 5.20. The van der Waals surface area contributed by atoms with E-state index in [4.69, 9.17) is 5.73 Å². The summed E-state index contributed by atoms with van der Waals surface area (Å²) in [5.74, 6) is 0.441. The topological polar surface area (TPSA) is 38.0 Å². The molecule has 1 atom stereocenters. The molecule has 1 aromatic carbocycles. The second-order valence-electron chi connectivity index (χ2n) is 5.57. The first-order chi connectivity index (χ1) is 8.20. The Balaban J connectivity index is 2.12. The average Bonchev–Trinajstić information content (AvgIpc) is 2.83. The molecule has 1 aliphatic carbocycles. The van der Waals surface area contributed by atoms with E-state index in [9.17, 15) is 13.2 Å². The molecule has 2 nitrogen and oxygen atoms in total. The van der Waals surface area contributed by atoms with Crippen molar-refractivity contribution >= 4 is 11.4 Å². The van der Waals surface area contributed by atoms with E-state index in [1.54, 1.807) is 0 Å². The Hall–Kier alpha value is -1.39. The van der Waals surface area contributed by atoms with E-state index in [1.807, 2.05) is 0 Å². The van der Waals surface area contributed by atoms with Gasteiger partial charge in [0.15, 0.2) is 0 Å². The van der Waals surface area contributed by atoms with Gasteiger partial charge in [-0.2, -0.15) is 13.2 Å². The molecule has 1 fully saturated rings. The van der Waals surface area contributed by atoms with Gasteiger partial charge in [0.05, 0.1) is 5.56 Å². The lowest BCUT2D eigenvalue weighted by molar-refractivity contribution is -0.136. The summed E-state index contributed by atoms with van der Waals surface area (Å²) < 4.78 is 38.5. The number of anilines is 2. The number of alkyl halides is 3. The van der Waals surface area contributed by atoms with Crippen LogP contribution in [0.1, 0.15) is 25.8 Å². The maximum absolute atomic E-state index is 12.8. The number of benzene rings is 1. The summed E-state index contributed by atoms with van der Waals surface area (Å²) in [6.45, 7) is 4.81. The summed E-state index contributed by atoms with van der Waals surface area (Å²) in [4.78, 5) is 0. The summed E-state index contributed by atoms with van der Waals surface area (Å²) in [6, 6.07) is 3.85. The van der Waals surface area contributed by atoms with Gasteiger partial charge in [0.2, 0.25) is 0 Å². The van der Waals surface area contributed by atoms with E-state index in [2.05, 4.69) is 19.2 Å². The molecule has 0 radical (unpaired) electrons. The van der Waals surface area contributed by atoms with Gasteiger partial charge in [-0.05, 0) is 36.0 Å². The van der Waals surface area contributed by atoms with Crippen molar-refractivity contribution in [2.24, 2.45) is 11.3 Å². The van der Waals surface area contributed by atoms with Gasteiger partial charge in [0.25, 0.3) is 0 Å². The first kappa shape index (κ1) is 13.1. The number of nitrogens with two attached hydrogens (primary N) is 1. The predicted octanol–water partition coefficient (Wildman–Crippen LogP) is 3.75. The first-order valence-electron chi connectivity index (χ1n) is 5.91. The lowest BCUT2D eigenvalue weighted by Crippen LogP contribution is -2.14. The van der Waals surface area contributed by atoms with Crippen molar-refractivity contribution in [3.05, 3.63) is 23.8 Å². The number of nitrogens with one attached hydrogen (secondary N) is 1. The van der Waals surface area contributed by atoms with Crippen LogP contribution in [0.5, 0.6) is 0 Å². The fourth-order valence-electron chi connectivity index (χ4n) is 2.11. The molecule has 18 heavy (non-hydrogen) atoms. The van der Waals surface area contributed by atoms with Gasteiger partial charge in [-0.15, -0.1) is 0 Å². The Labute approximate surface area is 104 Å². The zero-order valence-corrected chi connectivity index (χ0v) is 10.4. The van der Waals surface area contributed by atoms with Crippen molar-refractivity contribution in [3.63, 3.8) is 0 Å². The van der Waals surface area contributed by atoms with Gasteiger partial charge in [-0.25, -0.2) is 0 Å². The zero-order chi connectivity index (χ0) is 13.6. The first-order valence-corrected chi connectivity index (χ1v) is 5.91. The molecular weight excluding hydrogens is 241 g/mol. The molecule has 0 aliphatic heterocycles. The zero-order valence-electron chi connectivity index (χ0n) is 10.4. The number of hydrogen-bond donors (Lipinski definition) is 2. The molecule has 0 heterocycles. The van der Waals surface area contributed by atoms with Crippen LogP contribution < -0.4 is 11.1 Å². The minimum Gasteiger partial charge on any atom is -0.399 e. The van der Waals surface area contributed by atoms with Crippen LogP contribution in [0.15, 0.2) is 18.2 Å². The number of rotatable bonds is 3. The normalized spacial score (nSPS) is 21.7. The van der Waals surface area contributed by atoms with Crippen molar-refractivity contribution in [1.82, 2.24) is 0 Å². The maximum atomic E-state index is 12.8. The quantitative estimate of drug-likeness (QED) is 0.810. The third-order valence-corrected chi connectivity index (χ3v) is 3.61. The molecule has 5 heteroatoms. The molecule has 1 aliphatic rings. The van der Waals surface area contributed by atoms with Crippen LogP contribution in [-0.4, -0.2) is 6.54 Å². The van der Waals surface area contributed by atoms with Crippen LogP contribution in [0.25, 0.3) is 0 Å². The van der Waals surface area contributed by atoms with Gasteiger partial charge >= 0.3 is 6.18 Å². The van der Waals surface area contributed by atoms with Crippen LogP contribution in [0.3, 0.4) is 0 Å². The summed E-state index contributed by atoms with van der Waals surface area (Å²) in [5, 5.41) is 2.89. The van der Waals surface area contributed by atoms with Crippen molar-refractivity contribution in [2.45, 2.75) is 26.4 Å². The highest BCUT2D eigenvalue weighted by molar-refractivity contribution is 5.59. The van der Waals surface area contributed by atoms with Crippen molar-refractivity contribution < 1.29 is 13.2 Å². The van der Waals surface area contributed by atoms with Crippen molar-refractivity contribution in [3.8, 4) is 0 Å². The Bertz CT molecular complexity index is 452. The SMILES string of the molecule is CC1(C)CC1CNc1ccc(N)cc1C(F)(F)F. The molecule has 100 valence electrons. The number of nitrogen functional groups attached to an aromatic ring is 1. The molecule has 1 saturated carbocycles. The van der Waals surface area contributed by atoms with Gasteiger partial charge in [-0.3, -0.25) is 0 Å². The minimum absolute atomic E-state index is 0.111. The molecule has 1 aromatic rings. The summed E-state index contributed by atoms with van der Waals surface area (Å²) in [6.07, 6.45) is -3.33. The summed E-state index contributed by atoms with van der Waals surface area (Å²) in [7, 11) is 0. The molecule has 0 amide bonds. The second-order valence-corrected chi connectivity index (χ2v) is 5.57. The van der Waals surface area contributed by atoms with E-state index < -0.39 is 11.7 Å². The minimum atomic E-state index is -4.38. The van der Waals surface area contributed by atoms with Gasteiger partial charge < -0.3 is 11.1 Å². The van der Waals surface area contributed by atoms with Crippen LogP contribution in [0.4, 0.5) is 24.5 Å². The van der Waals surface area contributed by atoms with Gasteiger partial charge in [0.1, 0.15) is 0 Å². The highest BCUT2D eigenvalue weighted by Gasteiger charge is 2.45. The number of hydrogen-bond acceptors (Lipinski definition) is 2. The Morgan fingerprint density at radius 2 is 2.00 bits per heavy atom. The van der Waals surface area contributed by atoms with E-state index in [0.717, 1.165) is 12.5 Å². The molecule has 1 unspecified atom stereocenters. The van der Waals surface area contributed by atoms with Crippen molar-refractivity contribution in [1.29, 1.82) is 0 Å². The monoisotopic (exact) mass is 258 g/mol. The van der Waals surface area contributed by atoms with Crippen LogP contribution in [0.2, 0.25) is 0 Å². The molecular formula is C13H17F3N2. The summed E-state index contributed by atoms with van der Waals surface area (Å²) >= 11 is 0. The molecule has 3 N–H and O–H groups in total. The Kier molecular flexibility index (Phi) is 2.95. The fourth-order valence-corrected chi connectivity index (χ4v) is 2.11. The maximum Gasteiger partial charge on any atom is 0.418 e. The van der Waals surface area contributed by atoms with Gasteiger partial charge in [0, 0.05) is 17.9 Å². The highest BCUT2D eigenvalue weighted by atomic mass is 19.4. The van der Waals surface area contributed by atoms with Crippen LogP contribution in [-0.2, 0) is 6.18 Å². The average molecular weight is 258 g/mol. The predicted molar refractivity (Wildman–Crippen MR) is 66.2 cm³/mol. The standard InChI is InChI=1S/C13H17F3N2/c1-12(2)6-8(12)7-18-11-4-3-9(17)5-10(11)13(14,15)16/h3-5,8,18H,6-7,17H2,1-2H3. The smallest absolute Gasteiger partial charge is 0.399 e. The van der Waals surface area contributed by atoms with E-state index in [1.165, 1.54) is 12.1 Å². The molecule has 0 aromatic heterocycles. The molecule has 0 saturated heterocycles. The number of halogens is 3. The van der Waals surface area contributed by atoms with Crippen LogP contribution >= 0.6 is 0 Å². The third kappa shape index (κ3) is 2.71. The van der Waals surface area contributed by atoms with E-state index in [0.29, 0.717) is 12.5 Å². The van der Waals surface area contributed by atoms with Crippen LogP contribution in [0, 0.1) is 11.3 Å². The lowest BCUT2D eigenvalue weighted by Gasteiger charge is -2.15. The van der Waals surface area contributed by atoms with Crippen molar-refractivity contribution in [2.75, 3.05) is 17.6 Å². The molecule has 0 bridgehead atoms. The largest absolute Gasteiger partial charge is 0.418 e. The Morgan fingerprint density at radius 3 is 2.50 bits per heavy atom. The van der Waals surface area contributed by atoms with E-state index in [-0.39, 0.29) is 16.8 Å². The molecule has 2 rings (SSSR count). The third-order valence-electron chi connectivity index (χ3n) is 3.61. The molecule has 0 spiro atoms. The second kappa shape index (κ2) is 4.07.